The van der Waals surface area contributed by atoms with E-state index in [0.717, 1.165) is 16.7 Å². The monoisotopic (exact) mass is 684 g/mol. The molecule has 0 bridgehead atoms. The number of anilines is 2. The third kappa shape index (κ3) is 8.80. The van der Waals surface area contributed by atoms with E-state index in [9.17, 15) is 14.4 Å². The van der Waals surface area contributed by atoms with Gasteiger partial charge >= 0.3 is 12.2 Å². The number of benzene rings is 4. The second kappa shape index (κ2) is 15.3. The highest BCUT2D eigenvalue weighted by Crippen LogP contribution is 2.52. The Labute approximate surface area is 280 Å². The third-order valence-corrected chi connectivity index (χ3v) is 8.55. The van der Waals surface area contributed by atoms with Crippen LogP contribution >= 0.6 is 46.4 Å². The zero-order chi connectivity index (χ0) is 32.6. The predicted octanol–water partition coefficient (Wildman–Crippen LogP) is 9.99. The fraction of sp³-hybridized carbons (Fsp3) is 0.147. The molecule has 0 aromatic heterocycles. The zero-order valence-corrected chi connectivity index (χ0v) is 26.8. The Bertz CT molecular complexity index is 1680. The molecule has 0 spiro atoms. The number of hydrogen-bond donors (Lipinski definition) is 2. The Morgan fingerprint density at radius 2 is 1.58 bits per heavy atom. The van der Waals surface area contributed by atoms with Gasteiger partial charge in [0.15, 0.2) is 10.1 Å². The van der Waals surface area contributed by atoms with E-state index in [1.807, 2.05) is 60.7 Å². The van der Waals surface area contributed by atoms with Gasteiger partial charge in [-0.25, -0.2) is 9.59 Å². The molecule has 2 amide bonds. The lowest BCUT2D eigenvalue weighted by Crippen LogP contribution is -2.45. The number of hydrogen-bond acceptors (Lipinski definition) is 4. The number of rotatable bonds is 8. The van der Waals surface area contributed by atoms with Crippen LogP contribution in [-0.2, 0) is 22.7 Å². The molecule has 0 radical (unpaired) electrons. The number of nitrogens with one attached hydrogen (secondary N) is 1. The van der Waals surface area contributed by atoms with Gasteiger partial charge < -0.3 is 9.84 Å². The van der Waals surface area contributed by atoms with E-state index in [0.29, 0.717) is 33.5 Å². The van der Waals surface area contributed by atoms with Gasteiger partial charge in [-0.05, 0) is 46.5 Å². The topological polar surface area (TPSA) is 95.9 Å². The van der Waals surface area contributed by atoms with Crippen molar-refractivity contribution in [1.82, 2.24) is 0 Å². The minimum atomic E-state index is -1.47. The highest BCUT2D eigenvalue weighted by atomic mass is 35.5. The third-order valence-electron chi connectivity index (χ3n) is 6.95. The van der Waals surface area contributed by atoms with Gasteiger partial charge in [0.1, 0.15) is 6.61 Å². The van der Waals surface area contributed by atoms with Gasteiger partial charge in [0.05, 0.1) is 6.54 Å². The molecule has 2 N–H and O–H groups in total. The SMILES string of the molecule is C=Cc1ccc(NC(=O)O)cc1Cl.O=C(OCc1ccccc1)N(Cc1ccccc1)c1ccc(C2CC(=O)C2(Cl)Cl)c(Cl)c1. The lowest BCUT2D eigenvalue weighted by atomic mass is 9.77. The summed E-state index contributed by atoms with van der Waals surface area (Å²) in [6, 6.07) is 29.1. The van der Waals surface area contributed by atoms with Crippen LogP contribution in [0.5, 0.6) is 0 Å². The molecule has 1 saturated carbocycles. The highest BCUT2D eigenvalue weighted by molar-refractivity contribution is 6.61. The van der Waals surface area contributed by atoms with Crippen LogP contribution in [-0.4, -0.2) is 27.4 Å². The smallest absolute Gasteiger partial charge is 0.414 e. The van der Waals surface area contributed by atoms with Gasteiger partial charge in [-0.1, -0.05) is 132 Å². The quantitative estimate of drug-likeness (QED) is 0.180. The number of halogens is 4. The summed E-state index contributed by atoms with van der Waals surface area (Å²) in [6.07, 6.45) is 0.234. The number of amides is 2. The van der Waals surface area contributed by atoms with Gasteiger partial charge in [0, 0.05) is 33.8 Å². The minimum absolute atomic E-state index is 0.155. The van der Waals surface area contributed by atoms with Crippen LogP contribution in [0.3, 0.4) is 0 Å². The number of ketones is 1. The van der Waals surface area contributed by atoms with Gasteiger partial charge in [-0.3, -0.25) is 15.0 Å². The van der Waals surface area contributed by atoms with E-state index in [2.05, 4.69) is 11.9 Å². The molecule has 1 fully saturated rings. The van der Waals surface area contributed by atoms with Crippen LogP contribution in [0.1, 0.15) is 34.6 Å². The molecule has 7 nitrogen and oxygen atoms in total. The molecule has 1 aliphatic carbocycles. The molecule has 45 heavy (non-hydrogen) atoms. The fourth-order valence-corrected chi connectivity index (χ4v) is 5.61. The molecule has 0 heterocycles. The number of nitrogens with zero attached hydrogens (tertiary/aromatic N) is 1. The van der Waals surface area contributed by atoms with Crippen molar-refractivity contribution in [3.63, 3.8) is 0 Å². The van der Waals surface area contributed by atoms with Crippen molar-refractivity contribution in [2.45, 2.75) is 29.8 Å². The molecule has 1 aliphatic rings. The first-order valence-corrected chi connectivity index (χ1v) is 15.2. The zero-order valence-electron chi connectivity index (χ0n) is 23.8. The number of Topliss-reactive ketones (excluding diaryl/α,β-unsaturated/α-hetero) is 1. The second-order valence-corrected chi connectivity index (χ2v) is 12.2. The molecule has 11 heteroatoms. The van der Waals surface area contributed by atoms with Crippen molar-refractivity contribution in [2.24, 2.45) is 0 Å². The van der Waals surface area contributed by atoms with E-state index < -0.39 is 16.5 Å². The van der Waals surface area contributed by atoms with Crippen LogP contribution in [0.2, 0.25) is 10.0 Å². The molecule has 1 unspecified atom stereocenters. The molecule has 0 aliphatic heterocycles. The normalized spacial score (nSPS) is 14.7. The molecule has 232 valence electrons. The van der Waals surface area contributed by atoms with E-state index in [-0.39, 0.29) is 24.7 Å². The molecular formula is C34H28Cl4N2O5. The van der Waals surface area contributed by atoms with Crippen molar-refractivity contribution < 1.29 is 24.2 Å². The first-order valence-electron chi connectivity index (χ1n) is 13.6. The first kappa shape index (κ1) is 33.9. The summed E-state index contributed by atoms with van der Waals surface area (Å²) in [4.78, 5) is 36.5. The number of alkyl halides is 2. The molecule has 1 atom stereocenters. The average Bonchev–Trinajstić information content (AvgIpc) is 3.03. The van der Waals surface area contributed by atoms with Crippen molar-refractivity contribution >= 4 is 81.8 Å². The van der Waals surface area contributed by atoms with E-state index in [1.165, 1.54) is 11.0 Å². The standard InChI is InChI=1S/C25H20Cl3NO3.C9H8ClNO2/c26-22-13-19(11-12-20(22)21-14-23(30)25(21,27)28)29(15-17-7-3-1-4-8-17)24(31)32-16-18-9-5-2-6-10-18;1-2-6-3-4-7(5-8(6)10)11-9(12)13/h1-13,21H,14-16H2;2-5,11H,1H2,(H,12,13). The van der Waals surface area contributed by atoms with E-state index in [4.69, 9.17) is 56.2 Å². The summed E-state index contributed by atoms with van der Waals surface area (Å²) in [5.74, 6) is -0.603. The maximum atomic E-state index is 13.0. The van der Waals surface area contributed by atoms with Crippen LogP contribution in [0.4, 0.5) is 21.0 Å². The summed E-state index contributed by atoms with van der Waals surface area (Å²) in [6.45, 7) is 4.02. The van der Waals surface area contributed by atoms with Crippen molar-refractivity contribution in [1.29, 1.82) is 0 Å². The van der Waals surface area contributed by atoms with Crippen LogP contribution in [0.25, 0.3) is 6.08 Å². The fourth-order valence-electron chi connectivity index (χ4n) is 4.50. The van der Waals surface area contributed by atoms with Gasteiger partial charge in [0.2, 0.25) is 0 Å². The van der Waals surface area contributed by atoms with Gasteiger partial charge in [-0.2, -0.15) is 0 Å². The lowest BCUT2D eigenvalue weighted by Gasteiger charge is -2.38. The summed E-state index contributed by atoms with van der Waals surface area (Å²) >= 11 is 24.7. The minimum Gasteiger partial charge on any atom is -0.465 e. The molecule has 4 aromatic carbocycles. The van der Waals surface area contributed by atoms with E-state index >= 15 is 0 Å². The van der Waals surface area contributed by atoms with Crippen LogP contribution in [0, 0.1) is 0 Å². The predicted molar refractivity (Wildman–Crippen MR) is 181 cm³/mol. The summed E-state index contributed by atoms with van der Waals surface area (Å²) in [7, 11) is 0. The first-order chi connectivity index (χ1) is 21.5. The van der Waals surface area contributed by atoms with Crippen molar-refractivity contribution in [3.8, 4) is 0 Å². The number of ether oxygens (including phenoxy) is 1. The van der Waals surface area contributed by atoms with Crippen molar-refractivity contribution in [3.05, 3.63) is 136 Å². The van der Waals surface area contributed by atoms with E-state index in [1.54, 1.807) is 36.4 Å². The van der Waals surface area contributed by atoms with Gasteiger partial charge in [-0.15, -0.1) is 0 Å². The molecular weight excluding hydrogens is 658 g/mol. The molecule has 4 aromatic rings. The highest BCUT2D eigenvalue weighted by Gasteiger charge is 2.53. The molecule has 0 saturated heterocycles. The van der Waals surface area contributed by atoms with Crippen LogP contribution < -0.4 is 10.2 Å². The maximum Gasteiger partial charge on any atom is 0.414 e. The van der Waals surface area contributed by atoms with Crippen LogP contribution in [0.15, 0.2) is 104 Å². The lowest BCUT2D eigenvalue weighted by molar-refractivity contribution is -0.125. The summed E-state index contributed by atoms with van der Waals surface area (Å²) in [5.41, 5.74) is 4.30. The summed E-state index contributed by atoms with van der Waals surface area (Å²) < 4.78 is 4.10. The maximum absolute atomic E-state index is 13.0. The Hall–Kier alpha value is -4.01. The largest absolute Gasteiger partial charge is 0.465 e. The Morgan fingerprint density at radius 3 is 2.11 bits per heavy atom. The number of carboxylic acid groups (broad SMARTS) is 1. The Kier molecular flexibility index (Phi) is 11.5. The average molecular weight is 686 g/mol. The number of carbonyl (C=O) groups excluding carboxylic acids is 2. The number of carbonyl (C=O) groups is 3. The Balaban J connectivity index is 0.000000297. The van der Waals surface area contributed by atoms with Gasteiger partial charge in [0.25, 0.3) is 0 Å². The van der Waals surface area contributed by atoms with Crippen molar-refractivity contribution in [2.75, 3.05) is 10.2 Å². The second-order valence-electron chi connectivity index (χ2n) is 9.99. The Morgan fingerprint density at radius 1 is 0.933 bits per heavy atom. The molecule has 5 rings (SSSR count). The summed E-state index contributed by atoms with van der Waals surface area (Å²) in [5, 5.41) is 11.5.